The molecule has 1 rings (SSSR count). The summed E-state index contributed by atoms with van der Waals surface area (Å²) in [4.78, 5) is 10.1. The second-order valence-corrected chi connectivity index (χ2v) is 2.90. The zero-order valence-corrected chi connectivity index (χ0v) is 7.97. The molecule has 0 spiro atoms. The van der Waals surface area contributed by atoms with Crippen molar-refractivity contribution in [3.05, 3.63) is 30.2 Å². The van der Waals surface area contributed by atoms with E-state index in [1.54, 1.807) is 10.9 Å². The molecule has 1 aromatic rings. The van der Waals surface area contributed by atoms with Crippen LogP contribution in [0.3, 0.4) is 0 Å². The third kappa shape index (κ3) is 3.75. The summed E-state index contributed by atoms with van der Waals surface area (Å²) < 4.78 is 1.74. The summed E-state index contributed by atoms with van der Waals surface area (Å²) in [6.07, 6.45) is 7.06. The lowest BCUT2D eigenvalue weighted by atomic mass is 10.2. The summed E-state index contributed by atoms with van der Waals surface area (Å²) in [7, 11) is 1.86. The van der Waals surface area contributed by atoms with Crippen LogP contribution in [-0.4, -0.2) is 27.4 Å². The van der Waals surface area contributed by atoms with Crippen molar-refractivity contribution in [3.8, 4) is 0 Å². The highest BCUT2D eigenvalue weighted by Crippen LogP contribution is 1.95. The predicted octanol–water partition coefficient (Wildman–Crippen LogP) is 0.150. The molecule has 14 heavy (non-hydrogen) atoms. The van der Waals surface area contributed by atoms with Gasteiger partial charge in [0.15, 0.2) is 0 Å². The van der Waals surface area contributed by atoms with Crippen molar-refractivity contribution >= 4 is 5.97 Å². The third-order valence-corrected chi connectivity index (χ3v) is 1.66. The average molecular weight is 195 g/mol. The summed E-state index contributed by atoms with van der Waals surface area (Å²) >= 11 is 0. The maximum absolute atomic E-state index is 10.1. The number of hydrogen-bond donors (Lipinski definition) is 2. The van der Waals surface area contributed by atoms with Gasteiger partial charge >= 0.3 is 5.97 Å². The van der Waals surface area contributed by atoms with E-state index in [0.717, 1.165) is 18.1 Å². The Kier molecular flexibility index (Phi) is 3.72. The lowest BCUT2D eigenvalue weighted by molar-refractivity contribution is -0.131. The Morgan fingerprint density at radius 3 is 3.14 bits per heavy atom. The molecule has 1 aromatic heterocycles. The number of rotatable bonds is 5. The second-order valence-electron chi connectivity index (χ2n) is 2.90. The fourth-order valence-electron chi connectivity index (χ4n) is 1.03. The van der Waals surface area contributed by atoms with Crippen molar-refractivity contribution in [2.24, 2.45) is 7.05 Å². The van der Waals surface area contributed by atoms with Gasteiger partial charge in [-0.1, -0.05) is 0 Å². The number of nitrogens with zero attached hydrogens (tertiary/aromatic N) is 2. The number of carboxylic acid groups (broad SMARTS) is 1. The van der Waals surface area contributed by atoms with Crippen LogP contribution in [0.5, 0.6) is 0 Å². The molecule has 2 N–H and O–H groups in total. The van der Waals surface area contributed by atoms with Gasteiger partial charge in [-0.15, -0.1) is 0 Å². The number of carboxylic acids is 1. The quantitative estimate of drug-likeness (QED) is 0.518. The molecule has 0 aliphatic carbocycles. The first-order valence-corrected chi connectivity index (χ1v) is 4.29. The molecule has 0 aliphatic rings. The number of aliphatic carboxylic acids is 1. The van der Waals surface area contributed by atoms with Crippen LogP contribution in [-0.2, 0) is 18.3 Å². The number of carbonyl (C=O) groups is 1. The molecular weight excluding hydrogens is 182 g/mol. The second kappa shape index (κ2) is 5.06. The SMILES string of the molecule is Cn1cc(CCN/C=C/C(=O)O)cn1. The van der Waals surface area contributed by atoms with Gasteiger partial charge in [0.25, 0.3) is 0 Å². The van der Waals surface area contributed by atoms with Gasteiger partial charge in [0.2, 0.25) is 0 Å². The lowest BCUT2D eigenvalue weighted by Crippen LogP contribution is -2.10. The van der Waals surface area contributed by atoms with Crippen molar-refractivity contribution in [2.75, 3.05) is 6.54 Å². The first-order chi connectivity index (χ1) is 6.68. The number of aryl methyl sites for hydroxylation is 1. The van der Waals surface area contributed by atoms with Crippen LogP contribution in [0.2, 0.25) is 0 Å². The van der Waals surface area contributed by atoms with E-state index < -0.39 is 5.97 Å². The van der Waals surface area contributed by atoms with Gasteiger partial charge in [-0.3, -0.25) is 4.68 Å². The van der Waals surface area contributed by atoms with Crippen LogP contribution in [0.4, 0.5) is 0 Å². The first-order valence-electron chi connectivity index (χ1n) is 4.29. The minimum atomic E-state index is -0.945. The van der Waals surface area contributed by atoms with Crippen molar-refractivity contribution < 1.29 is 9.90 Å². The van der Waals surface area contributed by atoms with Crippen molar-refractivity contribution in [2.45, 2.75) is 6.42 Å². The average Bonchev–Trinajstić information content (AvgIpc) is 2.50. The van der Waals surface area contributed by atoms with Gasteiger partial charge < -0.3 is 10.4 Å². The standard InChI is InChI=1S/C9H13N3O2/c1-12-7-8(6-11-12)2-4-10-5-3-9(13)14/h3,5-7,10H,2,4H2,1H3,(H,13,14)/b5-3+. The zero-order chi connectivity index (χ0) is 10.4. The van der Waals surface area contributed by atoms with Crippen molar-refractivity contribution in [3.63, 3.8) is 0 Å². The molecule has 0 saturated heterocycles. The molecule has 0 fully saturated rings. The highest BCUT2D eigenvalue weighted by atomic mass is 16.4. The van der Waals surface area contributed by atoms with Gasteiger partial charge in [0.05, 0.1) is 6.20 Å². The number of hydrogen-bond acceptors (Lipinski definition) is 3. The van der Waals surface area contributed by atoms with E-state index in [1.807, 2.05) is 13.2 Å². The Hall–Kier alpha value is -1.78. The molecule has 0 aliphatic heterocycles. The monoisotopic (exact) mass is 195 g/mol. The van der Waals surface area contributed by atoms with Gasteiger partial charge in [-0.2, -0.15) is 5.10 Å². The summed E-state index contributed by atoms with van der Waals surface area (Å²) in [5, 5.41) is 15.2. The van der Waals surface area contributed by atoms with Gasteiger partial charge in [0.1, 0.15) is 0 Å². The van der Waals surface area contributed by atoms with Gasteiger partial charge in [-0.25, -0.2) is 4.79 Å². The first kappa shape index (κ1) is 10.3. The zero-order valence-electron chi connectivity index (χ0n) is 7.97. The van der Waals surface area contributed by atoms with Gasteiger partial charge in [-0.05, 0) is 12.0 Å². The summed E-state index contributed by atoms with van der Waals surface area (Å²) in [5.74, 6) is -0.945. The molecule has 1 heterocycles. The lowest BCUT2D eigenvalue weighted by Gasteiger charge is -1.96. The number of nitrogens with one attached hydrogen (secondary N) is 1. The van der Waals surface area contributed by atoms with Crippen LogP contribution < -0.4 is 5.32 Å². The Morgan fingerprint density at radius 2 is 2.57 bits per heavy atom. The molecule has 0 atom stereocenters. The predicted molar refractivity (Wildman–Crippen MR) is 51.7 cm³/mol. The smallest absolute Gasteiger partial charge is 0.329 e. The number of aromatic nitrogens is 2. The topological polar surface area (TPSA) is 67.2 Å². The Labute approximate surface area is 82.0 Å². The van der Waals surface area contributed by atoms with E-state index in [-0.39, 0.29) is 0 Å². The molecule has 0 bridgehead atoms. The highest BCUT2D eigenvalue weighted by Gasteiger charge is 1.93. The van der Waals surface area contributed by atoms with Crippen LogP contribution in [0.1, 0.15) is 5.56 Å². The fraction of sp³-hybridized carbons (Fsp3) is 0.333. The van der Waals surface area contributed by atoms with E-state index in [9.17, 15) is 4.79 Å². The van der Waals surface area contributed by atoms with Crippen molar-refractivity contribution in [1.29, 1.82) is 0 Å². The molecule has 0 unspecified atom stereocenters. The minimum Gasteiger partial charge on any atom is -0.478 e. The summed E-state index contributed by atoms with van der Waals surface area (Å²) in [6.45, 7) is 0.704. The highest BCUT2D eigenvalue weighted by molar-refractivity contribution is 5.79. The Balaban J connectivity index is 2.19. The van der Waals surface area contributed by atoms with E-state index >= 15 is 0 Å². The van der Waals surface area contributed by atoms with E-state index in [1.165, 1.54) is 6.20 Å². The minimum absolute atomic E-state index is 0.704. The largest absolute Gasteiger partial charge is 0.478 e. The maximum atomic E-state index is 10.1. The fourth-order valence-corrected chi connectivity index (χ4v) is 1.03. The molecule has 0 amide bonds. The van der Waals surface area contributed by atoms with Crippen molar-refractivity contribution in [1.82, 2.24) is 15.1 Å². The van der Waals surface area contributed by atoms with E-state index in [2.05, 4.69) is 10.4 Å². The van der Waals surface area contributed by atoms with Gasteiger partial charge in [0, 0.05) is 32.1 Å². The summed E-state index contributed by atoms with van der Waals surface area (Å²) in [5.41, 5.74) is 1.13. The third-order valence-electron chi connectivity index (χ3n) is 1.66. The Bertz CT molecular complexity index is 331. The van der Waals surface area contributed by atoms with Crippen LogP contribution >= 0.6 is 0 Å². The summed E-state index contributed by atoms with van der Waals surface area (Å²) in [6, 6.07) is 0. The maximum Gasteiger partial charge on any atom is 0.329 e. The van der Waals surface area contributed by atoms with E-state index in [4.69, 9.17) is 5.11 Å². The Morgan fingerprint density at radius 1 is 1.79 bits per heavy atom. The molecule has 0 radical (unpaired) electrons. The van der Waals surface area contributed by atoms with E-state index in [0.29, 0.717) is 6.54 Å². The molecular formula is C9H13N3O2. The van der Waals surface area contributed by atoms with Crippen LogP contribution in [0.15, 0.2) is 24.7 Å². The van der Waals surface area contributed by atoms with Crippen LogP contribution in [0.25, 0.3) is 0 Å². The molecule has 0 saturated carbocycles. The molecule has 5 nitrogen and oxygen atoms in total. The molecule has 0 aromatic carbocycles. The van der Waals surface area contributed by atoms with Crippen LogP contribution in [0, 0.1) is 0 Å². The molecule has 5 heteroatoms. The normalized spacial score (nSPS) is 10.6. The molecule has 76 valence electrons.